The van der Waals surface area contributed by atoms with E-state index in [4.69, 9.17) is 14.7 Å². The Bertz CT molecular complexity index is 739. The van der Waals surface area contributed by atoms with E-state index in [2.05, 4.69) is 15.5 Å². The lowest BCUT2D eigenvalue weighted by Gasteiger charge is -2.07. The first kappa shape index (κ1) is 18.6. The first-order valence-corrected chi connectivity index (χ1v) is 8.54. The molecule has 0 fully saturated rings. The Hall–Kier alpha value is -2.73. The fraction of sp³-hybridized carbons (Fsp3) is 0.375. The average molecular weight is 361 g/mol. The molecule has 1 N–H and O–H groups in total. The molecule has 0 saturated carbocycles. The number of carbonyl (C=O) groups excluding carboxylic acids is 1. The Morgan fingerprint density at radius 1 is 1.32 bits per heavy atom. The van der Waals surface area contributed by atoms with Crippen molar-refractivity contribution in [1.82, 2.24) is 20.1 Å². The lowest BCUT2D eigenvalue weighted by molar-refractivity contribution is -0.118. The van der Waals surface area contributed by atoms with Crippen molar-refractivity contribution < 1.29 is 14.3 Å². The van der Waals surface area contributed by atoms with Crippen molar-refractivity contribution in [2.75, 3.05) is 19.4 Å². The van der Waals surface area contributed by atoms with E-state index in [0.717, 1.165) is 5.75 Å². The van der Waals surface area contributed by atoms with Gasteiger partial charge >= 0.3 is 0 Å². The van der Waals surface area contributed by atoms with Crippen LogP contribution in [-0.4, -0.2) is 40.1 Å². The van der Waals surface area contributed by atoms with Crippen LogP contribution in [0, 0.1) is 11.3 Å². The Balaban J connectivity index is 1.83. The fourth-order valence-corrected chi connectivity index (χ4v) is 2.62. The highest BCUT2D eigenvalue weighted by Gasteiger charge is 2.12. The molecule has 2 rings (SSSR count). The predicted octanol–water partition coefficient (Wildman–Crippen LogP) is 1.52. The van der Waals surface area contributed by atoms with E-state index in [0.29, 0.717) is 29.7 Å². The van der Waals surface area contributed by atoms with Crippen LogP contribution < -0.4 is 14.8 Å². The van der Waals surface area contributed by atoms with Crippen molar-refractivity contribution in [2.24, 2.45) is 7.05 Å². The highest BCUT2D eigenvalue weighted by atomic mass is 32.2. The van der Waals surface area contributed by atoms with Crippen LogP contribution in [0.3, 0.4) is 0 Å². The molecule has 1 amide bonds. The van der Waals surface area contributed by atoms with Gasteiger partial charge in [0, 0.05) is 13.6 Å². The van der Waals surface area contributed by atoms with Gasteiger partial charge in [0.15, 0.2) is 11.0 Å². The van der Waals surface area contributed by atoms with Crippen LogP contribution in [0.25, 0.3) is 0 Å². The smallest absolute Gasteiger partial charge is 0.230 e. The summed E-state index contributed by atoms with van der Waals surface area (Å²) >= 11 is 1.28. The normalized spacial score (nSPS) is 10.1. The monoisotopic (exact) mass is 361 g/mol. The van der Waals surface area contributed by atoms with Gasteiger partial charge in [0.2, 0.25) is 5.91 Å². The summed E-state index contributed by atoms with van der Waals surface area (Å²) in [6, 6.07) is 9.24. The number of rotatable bonds is 9. The van der Waals surface area contributed by atoms with Gasteiger partial charge in [0.25, 0.3) is 0 Å². The molecule has 25 heavy (non-hydrogen) atoms. The van der Waals surface area contributed by atoms with E-state index in [1.165, 1.54) is 11.8 Å². The second-order valence-corrected chi connectivity index (χ2v) is 5.91. The molecule has 9 heteroatoms. The van der Waals surface area contributed by atoms with E-state index in [1.54, 1.807) is 11.7 Å². The number of nitriles is 1. The quantitative estimate of drug-likeness (QED) is 0.534. The first-order chi connectivity index (χ1) is 12.1. The third-order valence-electron chi connectivity index (χ3n) is 3.24. The number of nitrogens with zero attached hydrogens (tertiary/aromatic N) is 4. The van der Waals surface area contributed by atoms with Crippen LogP contribution in [0.2, 0.25) is 0 Å². The number of methoxy groups -OCH3 is 1. The largest absolute Gasteiger partial charge is 0.497 e. The average Bonchev–Trinajstić information content (AvgIpc) is 2.98. The molecular formula is C16H19N5O3S. The Morgan fingerprint density at radius 2 is 2.04 bits per heavy atom. The van der Waals surface area contributed by atoms with Crippen LogP contribution in [0.1, 0.15) is 12.2 Å². The van der Waals surface area contributed by atoms with Crippen molar-refractivity contribution in [3.63, 3.8) is 0 Å². The van der Waals surface area contributed by atoms with E-state index >= 15 is 0 Å². The lowest BCUT2D eigenvalue weighted by atomic mass is 10.3. The summed E-state index contributed by atoms with van der Waals surface area (Å²) in [6.45, 7) is 0.625. The molecule has 0 aliphatic heterocycles. The molecule has 1 heterocycles. The topological polar surface area (TPSA) is 102 Å². The number of carbonyl (C=O) groups is 1. The Morgan fingerprint density at radius 3 is 2.72 bits per heavy atom. The second kappa shape index (κ2) is 9.54. The standard InChI is InChI=1S/C16H19N5O3S/c1-21-14(10-24-13-6-4-12(23-2)5-7-13)19-20-16(21)25-11-15(22)18-9-3-8-17/h4-7H,3,9-11H2,1-2H3,(H,18,22). The molecule has 0 aliphatic rings. The summed E-state index contributed by atoms with van der Waals surface area (Å²) in [5, 5.41) is 19.9. The van der Waals surface area contributed by atoms with Crippen molar-refractivity contribution >= 4 is 17.7 Å². The number of aromatic nitrogens is 3. The molecule has 0 atom stereocenters. The van der Waals surface area contributed by atoms with Gasteiger partial charge in [-0.3, -0.25) is 4.79 Å². The zero-order valence-electron chi connectivity index (χ0n) is 14.1. The minimum absolute atomic E-state index is 0.140. The third kappa shape index (κ3) is 5.69. The van der Waals surface area contributed by atoms with E-state index in [9.17, 15) is 4.79 Å². The van der Waals surface area contributed by atoms with Crippen molar-refractivity contribution in [3.8, 4) is 17.6 Å². The molecule has 0 unspecified atom stereocenters. The number of thioether (sulfide) groups is 1. The number of hydrogen-bond donors (Lipinski definition) is 1. The maximum absolute atomic E-state index is 11.6. The molecule has 1 aromatic carbocycles. The summed E-state index contributed by atoms with van der Waals surface area (Å²) in [4.78, 5) is 11.6. The maximum atomic E-state index is 11.6. The molecule has 8 nitrogen and oxygen atoms in total. The third-order valence-corrected chi connectivity index (χ3v) is 4.26. The van der Waals surface area contributed by atoms with Gasteiger partial charge in [-0.05, 0) is 24.3 Å². The Kier molecular flexibility index (Phi) is 7.10. The van der Waals surface area contributed by atoms with Gasteiger partial charge in [-0.15, -0.1) is 10.2 Å². The summed E-state index contributed by atoms with van der Waals surface area (Å²) in [5.74, 6) is 2.20. The fourth-order valence-electron chi connectivity index (χ4n) is 1.86. The highest BCUT2D eigenvalue weighted by Crippen LogP contribution is 2.19. The molecule has 2 aromatic rings. The molecule has 0 spiro atoms. The second-order valence-electron chi connectivity index (χ2n) is 4.97. The van der Waals surface area contributed by atoms with Crippen LogP contribution in [0.4, 0.5) is 0 Å². The minimum atomic E-state index is -0.140. The molecule has 0 saturated heterocycles. The highest BCUT2D eigenvalue weighted by molar-refractivity contribution is 7.99. The first-order valence-electron chi connectivity index (χ1n) is 7.55. The van der Waals surface area contributed by atoms with Gasteiger partial charge in [-0.1, -0.05) is 11.8 Å². The molecule has 1 aromatic heterocycles. The van der Waals surface area contributed by atoms with Crippen LogP contribution in [-0.2, 0) is 18.4 Å². The number of amides is 1. The van der Waals surface area contributed by atoms with Crippen molar-refractivity contribution in [3.05, 3.63) is 30.1 Å². The van der Waals surface area contributed by atoms with Gasteiger partial charge in [0.1, 0.15) is 18.1 Å². The van der Waals surface area contributed by atoms with Crippen LogP contribution >= 0.6 is 11.8 Å². The van der Waals surface area contributed by atoms with Gasteiger partial charge in [-0.2, -0.15) is 5.26 Å². The Labute approximate surface area is 150 Å². The summed E-state index contributed by atoms with van der Waals surface area (Å²) in [7, 11) is 3.43. The van der Waals surface area contributed by atoms with E-state index < -0.39 is 0 Å². The number of hydrogen-bond acceptors (Lipinski definition) is 7. The maximum Gasteiger partial charge on any atom is 0.230 e. The molecule has 0 bridgehead atoms. The van der Waals surface area contributed by atoms with Crippen molar-refractivity contribution in [1.29, 1.82) is 5.26 Å². The van der Waals surface area contributed by atoms with Crippen LogP contribution in [0.5, 0.6) is 11.5 Å². The number of ether oxygens (including phenoxy) is 2. The summed E-state index contributed by atoms with van der Waals surface area (Å²) < 4.78 is 12.6. The summed E-state index contributed by atoms with van der Waals surface area (Å²) in [5.41, 5.74) is 0. The number of benzene rings is 1. The minimum Gasteiger partial charge on any atom is -0.497 e. The van der Waals surface area contributed by atoms with Gasteiger partial charge in [-0.25, -0.2) is 0 Å². The van der Waals surface area contributed by atoms with Gasteiger partial charge in [0.05, 0.1) is 25.4 Å². The van der Waals surface area contributed by atoms with E-state index in [-0.39, 0.29) is 18.3 Å². The van der Waals surface area contributed by atoms with Crippen LogP contribution in [0.15, 0.2) is 29.4 Å². The zero-order chi connectivity index (χ0) is 18.1. The SMILES string of the molecule is COc1ccc(OCc2nnc(SCC(=O)NCCC#N)n2C)cc1. The lowest BCUT2D eigenvalue weighted by Crippen LogP contribution is -2.26. The number of nitrogens with one attached hydrogen (secondary N) is 1. The van der Waals surface area contributed by atoms with Crippen molar-refractivity contribution in [2.45, 2.75) is 18.2 Å². The predicted molar refractivity (Wildman–Crippen MR) is 92.3 cm³/mol. The summed E-state index contributed by atoms with van der Waals surface area (Å²) in [6.07, 6.45) is 0.299. The molecule has 0 aliphatic carbocycles. The zero-order valence-corrected chi connectivity index (χ0v) is 14.9. The molecule has 0 radical (unpaired) electrons. The molecule has 132 valence electrons. The van der Waals surface area contributed by atoms with Gasteiger partial charge < -0.3 is 19.4 Å². The molecular weight excluding hydrogens is 342 g/mol. The van der Waals surface area contributed by atoms with E-state index in [1.807, 2.05) is 37.4 Å².